The Morgan fingerprint density at radius 3 is 2.61 bits per heavy atom. The average molecular weight is 247 g/mol. The van der Waals surface area contributed by atoms with Crippen LogP contribution in [0.15, 0.2) is 24.4 Å². The van der Waals surface area contributed by atoms with Crippen LogP contribution >= 0.6 is 0 Å². The summed E-state index contributed by atoms with van der Waals surface area (Å²) in [6, 6.07) is 4.98. The molecule has 1 heterocycles. The Labute approximate surface area is 107 Å². The van der Waals surface area contributed by atoms with Crippen molar-refractivity contribution < 1.29 is 4.39 Å². The van der Waals surface area contributed by atoms with E-state index in [1.807, 2.05) is 38.6 Å². The van der Waals surface area contributed by atoms with Crippen LogP contribution in [0.5, 0.6) is 0 Å². The van der Waals surface area contributed by atoms with Crippen LogP contribution < -0.4 is 5.32 Å². The number of aryl methyl sites for hydroxylation is 2. The van der Waals surface area contributed by atoms with Crippen LogP contribution in [0.25, 0.3) is 0 Å². The zero-order chi connectivity index (χ0) is 13.3. The summed E-state index contributed by atoms with van der Waals surface area (Å²) in [6.45, 7) is 3.90. The molecule has 2 aromatic rings. The second-order valence-electron chi connectivity index (χ2n) is 4.54. The molecule has 0 amide bonds. The quantitative estimate of drug-likeness (QED) is 0.903. The lowest BCUT2D eigenvalue weighted by atomic mass is 10.0. The second kappa shape index (κ2) is 4.90. The monoisotopic (exact) mass is 247 g/mol. The Morgan fingerprint density at radius 1 is 1.33 bits per heavy atom. The fraction of sp³-hybridized carbons (Fsp3) is 0.357. The van der Waals surface area contributed by atoms with E-state index in [0.717, 1.165) is 17.1 Å². The maximum atomic E-state index is 14.0. The molecule has 0 spiro atoms. The van der Waals surface area contributed by atoms with E-state index in [1.54, 1.807) is 12.3 Å². The fourth-order valence-corrected chi connectivity index (χ4v) is 2.13. The lowest BCUT2D eigenvalue weighted by Gasteiger charge is -2.18. The Morgan fingerprint density at radius 2 is 2.06 bits per heavy atom. The van der Waals surface area contributed by atoms with Gasteiger partial charge in [0.05, 0.1) is 17.9 Å². The largest absolute Gasteiger partial charge is 0.334 e. The van der Waals surface area contributed by atoms with E-state index in [4.69, 9.17) is 0 Å². The highest BCUT2D eigenvalue weighted by atomic mass is 19.1. The smallest absolute Gasteiger partial charge is 0.128 e. The van der Waals surface area contributed by atoms with Crippen molar-refractivity contribution in [3.8, 4) is 0 Å². The van der Waals surface area contributed by atoms with Crippen LogP contribution in [0.3, 0.4) is 0 Å². The van der Waals surface area contributed by atoms with E-state index in [1.165, 1.54) is 6.07 Å². The average Bonchev–Trinajstić information content (AvgIpc) is 2.67. The van der Waals surface area contributed by atoms with Gasteiger partial charge in [-0.15, -0.1) is 0 Å². The van der Waals surface area contributed by atoms with Gasteiger partial charge in [0.25, 0.3) is 0 Å². The number of halogens is 1. The summed E-state index contributed by atoms with van der Waals surface area (Å²) in [5, 5.41) is 3.16. The fourth-order valence-electron chi connectivity index (χ4n) is 2.13. The molecule has 1 aromatic carbocycles. The SMILES string of the molecule is CNC(c1cc(C)ccc1F)c1cnc(C)n1C. The number of nitrogens with one attached hydrogen (secondary N) is 1. The third kappa shape index (κ3) is 2.16. The van der Waals surface area contributed by atoms with Crippen LogP contribution in [-0.4, -0.2) is 16.6 Å². The molecule has 0 aliphatic rings. The van der Waals surface area contributed by atoms with Crippen molar-refractivity contribution in [1.82, 2.24) is 14.9 Å². The van der Waals surface area contributed by atoms with Crippen molar-refractivity contribution in [1.29, 1.82) is 0 Å². The van der Waals surface area contributed by atoms with Gasteiger partial charge < -0.3 is 9.88 Å². The highest BCUT2D eigenvalue weighted by Crippen LogP contribution is 2.25. The van der Waals surface area contributed by atoms with Crippen molar-refractivity contribution in [2.24, 2.45) is 7.05 Å². The number of aromatic nitrogens is 2. The zero-order valence-corrected chi connectivity index (χ0v) is 11.2. The third-order valence-corrected chi connectivity index (χ3v) is 3.30. The molecule has 1 unspecified atom stereocenters. The first-order chi connectivity index (χ1) is 8.54. The first kappa shape index (κ1) is 12.8. The van der Waals surface area contributed by atoms with Gasteiger partial charge in [-0.3, -0.25) is 0 Å². The molecule has 0 aliphatic carbocycles. The van der Waals surface area contributed by atoms with Gasteiger partial charge >= 0.3 is 0 Å². The van der Waals surface area contributed by atoms with Crippen molar-refractivity contribution >= 4 is 0 Å². The van der Waals surface area contributed by atoms with Crippen molar-refractivity contribution in [2.75, 3.05) is 7.05 Å². The van der Waals surface area contributed by atoms with Gasteiger partial charge in [-0.2, -0.15) is 0 Å². The Kier molecular flexibility index (Phi) is 3.48. The summed E-state index contributed by atoms with van der Waals surface area (Å²) in [5.41, 5.74) is 2.66. The molecule has 0 bridgehead atoms. The molecule has 18 heavy (non-hydrogen) atoms. The minimum Gasteiger partial charge on any atom is -0.334 e. The molecule has 1 N–H and O–H groups in total. The molecule has 2 rings (SSSR count). The highest BCUT2D eigenvalue weighted by Gasteiger charge is 2.19. The highest BCUT2D eigenvalue weighted by molar-refractivity contribution is 5.32. The molecule has 1 atom stereocenters. The molecule has 0 radical (unpaired) electrons. The van der Waals surface area contributed by atoms with Gasteiger partial charge in [0.15, 0.2) is 0 Å². The zero-order valence-electron chi connectivity index (χ0n) is 11.2. The van der Waals surface area contributed by atoms with Gasteiger partial charge in [0.1, 0.15) is 11.6 Å². The summed E-state index contributed by atoms with van der Waals surface area (Å²) >= 11 is 0. The lowest BCUT2D eigenvalue weighted by molar-refractivity contribution is 0.559. The molecule has 3 nitrogen and oxygen atoms in total. The summed E-state index contributed by atoms with van der Waals surface area (Å²) in [4.78, 5) is 4.26. The van der Waals surface area contributed by atoms with Gasteiger partial charge in [-0.25, -0.2) is 9.37 Å². The van der Waals surface area contributed by atoms with E-state index in [9.17, 15) is 4.39 Å². The van der Waals surface area contributed by atoms with Gasteiger partial charge in [0.2, 0.25) is 0 Å². The summed E-state index contributed by atoms with van der Waals surface area (Å²) < 4.78 is 15.9. The number of benzene rings is 1. The Balaban J connectivity index is 2.51. The van der Waals surface area contributed by atoms with Crippen LogP contribution in [0.4, 0.5) is 4.39 Å². The van der Waals surface area contributed by atoms with Crippen molar-refractivity contribution in [2.45, 2.75) is 19.9 Å². The number of imidazole rings is 1. The van der Waals surface area contributed by atoms with E-state index >= 15 is 0 Å². The summed E-state index contributed by atoms with van der Waals surface area (Å²) in [7, 11) is 3.77. The third-order valence-electron chi connectivity index (χ3n) is 3.30. The lowest BCUT2D eigenvalue weighted by Crippen LogP contribution is -2.21. The molecule has 0 saturated carbocycles. The predicted molar refractivity (Wildman–Crippen MR) is 70.0 cm³/mol. The van der Waals surface area contributed by atoms with Crippen molar-refractivity contribution in [3.63, 3.8) is 0 Å². The van der Waals surface area contributed by atoms with Gasteiger partial charge in [0, 0.05) is 12.6 Å². The minimum atomic E-state index is -0.196. The van der Waals surface area contributed by atoms with Crippen LogP contribution in [0.1, 0.15) is 28.7 Å². The Bertz CT molecular complexity index is 560. The van der Waals surface area contributed by atoms with E-state index in [-0.39, 0.29) is 11.9 Å². The maximum Gasteiger partial charge on any atom is 0.128 e. The summed E-state index contributed by atoms with van der Waals surface area (Å²) in [6.07, 6.45) is 1.79. The minimum absolute atomic E-state index is 0.184. The standard InChI is InChI=1S/C14H18FN3/c1-9-5-6-12(15)11(7-9)14(16-3)13-8-17-10(2)18(13)4/h5-8,14,16H,1-4H3. The molecule has 4 heteroatoms. The number of nitrogens with zero attached hydrogens (tertiary/aromatic N) is 2. The Hall–Kier alpha value is -1.68. The van der Waals surface area contributed by atoms with E-state index < -0.39 is 0 Å². The number of rotatable bonds is 3. The molecular weight excluding hydrogens is 229 g/mol. The van der Waals surface area contributed by atoms with E-state index in [2.05, 4.69) is 10.3 Å². The van der Waals surface area contributed by atoms with E-state index in [0.29, 0.717) is 5.56 Å². The normalized spacial score (nSPS) is 12.7. The molecule has 96 valence electrons. The topological polar surface area (TPSA) is 29.9 Å². The van der Waals surface area contributed by atoms with Gasteiger partial charge in [-0.05, 0) is 27.0 Å². The first-order valence-corrected chi connectivity index (χ1v) is 5.96. The van der Waals surface area contributed by atoms with Crippen molar-refractivity contribution in [3.05, 3.63) is 52.9 Å². The first-order valence-electron chi connectivity index (χ1n) is 5.96. The molecule has 1 aromatic heterocycles. The molecule has 0 fully saturated rings. The predicted octanol–water partition coefficient (Wildman–Crippen LogP) is 2.48. The van der Waals surface area contributed by atoms with Crippen LogP contribution in [-0.2, 0) is 7.05 Å². The molecule has 0 aliphatic heterocycles. The second-order valence-corrected chi connectivity index (χ2v) is 4.54. The number of hydrogen-bond donors (Lipinski definition) is 1. The van der Waals surface area contributed by atoms with Gasteiger partial charge in [-0.1, -0.05) is 17.7 Å². The molecule has 0 saturated heterocycles. The molecular formula is C14H18FN3. The maximum absolute atomic E-state index is 14.0. The van der Waals surface area contributed by atoms with Crippen LogP contribution in [0.2, 0.25) is 0 Å². The van der Waals surface area contributed by atoms with Crippen LogP contribution in [0, 0.1) is 19.7 Å². The summed E-state index contributed by atoms with van der Waals surface area (Å²) in [5.74, 6) is 0.720. The number of hydrogen-bond acceptors (Lipinski definition) is 2.